The molecule has 4 rings (SSSR count). The Morgan fingerprint density at radius 1 is 1.00 bits per heavy atom. The van der Waals surface area contributed by atoms with Crippen LogP contribution in [0.5, 0.6) is 17.2 Å². The molecule has 0 aromatic heterocycles. The first kappa shape index (κ1) is 21.0. The van der Waals surface area contributed by atoms with Crippen LogP contribution < -0.4 is 19.5 Å². The predicted octanol–water partition coefficient (Wildman–Crippen LogP) is 4.11. The molecule has 2 unspecified atom stereocenters. The summed E-state index contributed by atoms with van der Waals surface area (Å²) in [6, 6.07) is 13.4. The number of carbonyl (C=O) groups is 2. The number of hydrogen-bond acceptors (Lipinski definition) is 5. The monoisotopic (exact) mass is 421 g/mol. The number of rotatable bonds is 6. The van der Waals surface area contributed by atoms with Crippen LogP contribution in [0.1, 0.15) is 49.1 Å². The molecule has 0 spiro atoms. The van der Waals surface area contributed by atoms with E-state index in [1.807, 2.05) is 49.4 Å². The minimum atomic E-state index is -0.348. The van der Waals surface area contributed by atoms with E-state index in [9.17, 15) is 9.59 Å². The van der Waals surface area contributed by atoms with Gasteiger partial charge < -0.3 is 19.5 Å². The number of methoxy groups -OCH3 is 2. The summed E-state index contributed by atoms with van der Waals surface area (Å²) in [4.78, 5) is 26.0. The number of carbonyl (C=O) groups excluding carboxylic acids is 2. The van der Waals surface area contributed by atoms with Crippen LogP contribution in [0.4, 0.5) is 0 Å². The van der Waals surface area contributed by atoms with Crippen molar-refractivity contribution in [3.63, 3.8) is 0 Å². The Morgan fingerprint density at radius 3 is 2.55 bits per heavy atom. The number of benzene rings is 2. The highest BCUT2D eigenvalue weighted by Crippen LogP contribution is 2.46. The van der Waals surface area contributed by atoms with Crippen molar-refractivity contribution in [2.24, 2.45) is 0 Å². The van der Waals surface area contributed by atoms with Crippen molar-refractivity contribution in [1.29, 1.82) is 0 Å². The molecule has 0 saturated carbocycles. The molecule has 2 aromatic carbocycles. The molecule has 1 aliphatic carbocycles. The zero-order valence-corrected chi connectivity index (χ0v) is 18.1. The van der Waals surface area contributed by atoms with E-state index in [-0.39, 0.29) is 29.9 Å². The first-order valence-electron chi connectivity index (χ1n) is 10.5. The summed E-state index contributed by atoms with van der Waals surface area (Å²) < 4.78 is 16.7. The molecule has 1 N–H and O–H groups in total. The molecule has 0 saturated heterocycles. The van der Waals surface area contributed by atoms with Crippen LogP contribution in [0.25, 0.3) is 0 Å². The number of allylic oxidation sites excluding steroid dienone is 2. The van der Waals surface area contributed by atoms with E-state index in [0.717, 1.165) is 22.6 Å². The molecule has 1 heterocycles. The smallest absolute Gasteiger partial charge is 0.225 e. The van der Waals surface area contributed by atoms with Crippen molar-refractivity contribution in [3.05, 3.63) is 64.9 Å². The van der Waals surface area contributed by atoms with Gasteiger partial charge in [-0.25, -0.2) is 0 Å². The molecular weight excluding hydrogens is 394 g/mol. The molecule has 0 fully saturated rings. The van der Waals surface area contributed by atoms with E-state index in [1.54, 1.807) is 14.2 Å². The Balaban J connectivity index is 1.75. The maximum Gasteiger partial charge on any atom is 0.225 e. The number of para-hydroxylation sites is 1. The van der Waals surface area contributed by atoms with E-state index in [2.05, 4.69) is 5.32 Å². The van der Waals surface area contributed by atoms with Gasteiger partial charge in [-0.2, -0.15) is 0 Å². The highest BCUT2D eigenvalue weighted by molar-refractivity contribution is 6.02. The number of amides is 1. The first-order valence-corrected chi connectivity index (χ1v) is 10.5. The van der Waals surface area contributed by atoms with Crippen LogP contribution in [-0.2, 0) is 9.59 Å². The Bertz CT molecular complexity index is 1040. The van der Waals surface area contributed by atoms with Crippen LogP contribution >= 0.6 is 0 Å². The number of ketones is 1. The normalized spacial score (nSPS) is 20.7. The fraction of sp³-hybridized carbons (Fsp3) is 0.360. The van der Waals surface area contributed by atoms with Gasteiger partial charge >= 0.3 is 0 Å². The zero-order chi connectivity index (χ0) is 22.0. The van der Waals surface area contributed by atoms with Gasteiger partial charge in [-0.1, -0.05) is 24.3 Å². The van der Waals surface area contributed by atoms with Crippen molar-refractivity contribution in [3.8, 4) is 17.2 Å². The minimum Gasteiger partial charge on any atom is -0.497 e. The van der Waals surface area contributed by atoms with E-state index in [0.29, 0.717) is 36.5 Å². The largest absolute Gasteiger partial charge is 0.497 e. The average Bonchev–Trinajstić information content (AvgIpc) is 2.78. The molecule has 1 amide bonds. The summed E-state index contributed by atoms with van der Waals surface area (Å²) in [6.45, 7) is 2.36. The van der Waals surface area contributed by atoms with Gasteiger partial charge in [-0.15, -0.1) is 0 Å². The molecule has 2 aromatic rings. The number of ether oxygens (including phenoxy) is 3. The zero-order valence-electron chi connectivity index (χ0n) is 18.1. The topological polar surface area (TPSA) is 73.9 Å². The Hall–Kier alpha value is -3.28. The number of Topliss-reactive ketones (excluding diaryl/α,β-unsaturated/α-hetero) is 1. The number of hydrogen-bond donors (Lipinski definition) is 1. The van der Waals surface area contributed by atoms with Crippen molar-refractivity contribution < 1.29 is 23.8 Å². The van der Waals surface area contributed by atoms with E-state index in [1.165, 1.54) is 0 Å². The standard InChI is InChI=1S/C25H27NO5/c1-4-31-25-18(9-6-10-22(25)30-3)19-14-23(28)26-20-12-16(13-21(27)24(19)20)15-7-5-8-17(11-15)29-2/h5-11,16,19H,4,12-14H2,1-3H3,(H,26,28). The lowest BCUT2D eigenvalue weighted by Gasteiger charge is -2.35. The SMILES string of the molecule is CCOc1c(OC)cccc1C1CC(=O)NC2=C1C(=O)CC(c1cccc(OC)c1)C2. The average molecular weight is 421 g/mol. The van der Waals surface area contributed by atoms with Crippen molar-refractivity contribution in [2.45, 2.75) is 38.0 Å². The van der Waals surface area contributed by atoms with E-state index in [4.69, 9.17) is 14.2 Å². The van der Waals surface area contributed by atoms with Crippen molar-refractivity contribution in [2.75, 3.05) is 20.8 Å². The Labute approximate surface area is 182 Å². The molecule has 2 aliphatic rings. The van der Waals surface area contributed by atoms with Crippen molar-refractivity contribution >= 4 is 11.7 Å². The van der Waals surface area contributed by atoms with E-state index < -0.39 is 0 Å². The minimum absolute atomic E-state index is 0.00271. The summed E-state index contributed by atoms with van der Waals surface area (Å²) >= 11 is 0. The molecule has 0 radical (unpaired) electrons. The summed E-state index contributed by atoms with van der Waals surface area (Å²) in [7, 11) is 3.21. The summed E-state index contributed by atoms with van der Waals surface area (Å²) in [6.07, 6.45) is 1.21. The number of nitrogens with one attached hydrogen (secondary N) is 1. The highest BCUT2D eigenvalue weighted by atomic mass is 16.5. The molecular formula is C25H27NO5. The van der Waals surface area contributed by atoms with Crippen LogP contribution in [0.15, 0.2) is 53.7 Å². The van der Waals surface area contributed by atoms with Crippen LogP contribution in [0, 0.1) is 0 Å². The van der Waals surface area contributed by atoms with Gasteiger partial charge in [0.25, 0.3) is 0 Å². The molecule has 6 nitrogen and oxygen atoms in total. The lowest BCUT2D eigenvalue weighted by Crippen LogP contribution is -2.38. The van der Waals surface area contributed by atoms with Gasteiger partial charge in [0.05, 0.1) is 20.8 Å². The second-order valence-corrected chi connectivity index (χ2v) is 7.81. The van der Waals surface area contributed by atoms with Gasteiger partial charge in [-0.3, -0.25) is 9.59 Å². The molecule has 6 heteroatoms. The van der Waals surface area contributed by atoms with Gasteiger partial charge in [0.2, 0.25) is 5.91 Å². The first-order chi connectivity index (χ1) is 15.0. The third-order valence-electron chi connectivity index (χ3n) is 5.99. The Morgan fingerprint density at radius 2 is 1.81 bits per heavy atom. The predicted molar refractivity (Wildman–Crippen MR) is 117 cm³/mol. The fourth-order valence-corrected chi connectivity index (χ4v) is 4.62. The lowest BCUT2D eigenvalue weighted by atomic mass is 9.73. The molecule has 162 valence electrons. The lowest BCUT2D eigenvalue weighted by molar-refractivity contribution is -0.122. The third-order valence-corrected chi connectivity index (χ3v) is 5.99. The fourth-order valence-electron chi connectivity index (χ4n) is 4.62. The van der Waals surface area contributed by atoms with Gasteiger partial charge in [0.1, 0.15) is 5.75 Å². The second kappa shape index (κ2) is 8.84. The van der Waals surface area contributed by atoms with Crippen LogP contribution in [-0.4, -0.2) is 32.5 Å². The molecule has 0 bridgehead atoms. The van der Waals surface area contributed by atoms with Gasteiger partial charge in [0, 0.05) is 35.6 Å². The Kier molecular flexibility index (Phi) is 5.98. The molecule has 2 atom stereocenters. The van der Waals surface area contributed by atoms with Gasteiger partial charge in [-0.05, 0) is 43.0 Å². The van der Waals surface area contributed by atoms with E-state index >= 15 is 0 Å². The molecule has 1 aliphatic heterocycles. The quantitative estimate of drug-likeness (QED) is 0.760. The summed E-state index contributed by atoms with van der Waals surface area (Å²) in [5.74, 6) is 1.58. The van der Waals surface area contributed by atoms with Gasteiger partial charge in [0.15, 0.2) is 17.3 Å². The van der Waals surface area contributed by atoms with Crippen LogP contribution in [0.2, 0.25) is 0 Å². The second-order valence-electron chi connectivity index (χ2n) is 7.81. The molecule has 31 heavy (non-hydrogen) atoms. The van der Waals surface area contributed by atoms with Crippen LogP contribution in [0.3, 0.4) is 0 Å². The van der Waals surface area contributed by atoms with Crippen molar-refractivity contribution in [1.82, 2.24) is 5.32 Å². The highest BCUT2D eigenvalue weighted by Gasteiger charge is 2.39. The third kappa shape index (κ3) is 4.02. The summed E-state index contributed by atoms with van der Waals surface area (Å²) in [5, 5.41) is 2.97. The maximum absolute atomic E-state index is 13.4. The maximum atomic E-state index is 13.4. The summed E-state index contributed by atoms with van der Waals surface area (Å²) in [5.41, 5.74) is 3.26.